The zero-order valence-electron chi connectivity index (χ0n) is 8.74. The van der Waals surface area contributed by atoms with Crippen LogP contribution >= 0.6 is 0 Å². The van der Waals surface area contributed by atoms with E-state index in [0.717, 1.165) is 6.42 Å². The fraction of sp³-hybridized carbons (Fsp3) is 0.800. The number of rotatable bonds is 3. The largest absolute Gasteiger partial charge is 2.00 e. The van der Waals surface area contributed by atoms with Gasteiger partial charge in [0.1, 0.15) is 0 Å². The molecule has 0 bridgehead atoms. The van der Waals surface area contributed by atoms with Crippen LogP contribution < -0.4 is 0 Å². The Morgan fingerprint density at radius 3 is 1.55 bits per heavy atom. The van der Waals surface area contributed by atoms with E-state index in [-0.39, 0.29) is 23.1 Å². The molecule has 0 radical (unpaired) electrons. The first-order chi connectivity index (χ1) is 4.65. The van der Waals surface area contributed by atoms with Crippen LogP contribution in [0.5, 0.6) is 0 Å². The third-order valence-electron chi connectivity index (χ3n) is 0.854. The van der Waals surface area contributed by atoms with Gasteiger partial charge in [0, 0.05) is 0 Å². The minimum atomic E-state index is 0. The van der Waals surface area contributed by atoms with Crippen molar-refractivity contribution in [3.63, 3.8) is 0 Å². The number of unbranched alkanes of at least 4 members (excludes halogenated alkanes) is 3. The Hall–Kier alpha value is 0.766. The van der Waals surface area contributed by atoms with E-state index >= 15 is 0 Å². The van der Waals surface area contributed by atoms with Gasteiger partial charge in [0.2, 0.25) is 0 Å². The molecule has 0 aliphatic heterocycles. The van der Waals surface area contributed by atoms with Gasteiger partial charge in [-0.1, -0.05) is 26.2 Å². The molecule has 1 heteroatoms. The average molecular weight is 167 g/mol. The van der Waals surface area contributed by atoms with Gasteiger partial charge in [-0.25, -0.2) is 0 Å². The predicted molar refractivity (Wildman–Crippen MR) is 55.5 cm³/mol. The fourth-order valence-corrected chi connectivity index (χ4v) is 0.427. The molecular weight excluding hydrogens is 144 g/mol. The zero-order valence-corrected chi connectivity index (χ0v) is 10.2. The van der Waals surface area contributed by atoms with E-state index in [2.05, 4.69) is 34.6 Å². The van der Waals surface area contributed by atoms with Gasteiger partial charge in [-0.05, 0) is 0 Å². The van der Waals surface area contributed by atoms with Crippen molar-refractivity contribution in [3.8, 4) is 0 Å². The van der Waals surface area contributed by atoms with Gasteiger partial charge in [0.15, 0.2) is 0 Å². The van der Waals surface area contributed by atoms with Crippen LogP contribution in [-0.2, 0) is 0 Å². The summed E-state index contributed by atoms with van der Waals surface area (Å²) in [5, 5.41) is 0. The number of hydrogen-bond donors (Lipinski definition) is 0. The van der Waals surface area contributed by atoms with Gasteiger partial charge in [-0.3, -0.25) is 0 Å². The van der Waals surface area contributed by atoms with Crippen molar-refractivity contribution in [1.29, 1.82) is 0 Å². The summed E-state index contributed by atoms with van der Waals surface area (Å²) in [5.74, 6) is 1.42. The molecule has 0 fully saturated rings. The molecule has 0 rings (SSSR count). The van der Waals surface area contributed by atoms with Crippen molar-refractivity contribution >= 4 is 23.1 Å². The molecule has 0 saturated heterocycles. The van der Waals surface area contributed by atoms with Crippen molar-refractivity contribution in [2.24, 2.45) is 0 Å². The van der Waals surface area contributed by atoms with Gasteiger partial charge < -0.3 is 12.8 Å². The van der Waals surface area contributed by atoms with Crippen LogP contribution in [0.25, 0.3) is 0 Å². The van der Waals surface area contributed by atoms with E-state index in [9.17, 15) is 0 Å². The normalized spacial score (nSPS) is 8.18. The first kappa shape index (κ1) is 17.7. The summed E-state index contributed by atoms with van der Waals surface area (Å²) >= 11 is 0. The summed E-state index contributed by atoms with van der Waals surface area (Å²) in [6.07, 6.45) is 5.07. The number of hydrogen-bond acceptors (Lipinski definition) is 0. The van der Waals surface area contributed by atoms with Crippen molar-refractivity contribution in [3.05, 3.63) is 12.8 Å². The third kappa shape index (κ3) is 58.3. The van der Waals surface area contributed by atoms with E-state index in [4.69, 9.17) is 0 Å². The molecular formula is C10H22Mg. The fourth-order valence-electron chi connectivity index (χ4n) is 0.427. The van der Waals surface area contributed by atoms with Crippen LogP contribution in [0.15, 0.2) is 0 Å². The maximum atomic E-state index is 3.72. The SMILES string of the molecule is C[C-](C)C.[CH2-]CCCCC.[Mg+2]. The summed E-state index contributed by atoms with van der Waals surface area (Å²) < 4.78 is 0. The molecule has 0 aliphatic carbocycles. The van der Waals surface area contributed by atoms with Crippen LogP contribution in [0.3, 0.4) is 0 Å². The van der Waals surface area contributed by atoms with Crippen LogP contribution in [0.2, 0.25) is 0 Å². The van der Waals surface area contributed by atoms with E-state index in [1.54, 1.807) is 0 Å². The second kappa shape index (κ2) is 17.0. The van der Waals surface area contributed by atoms with Crippen molar-refractivity contribution in [1.82, 2.24) is 0 Å². The molecule has 0 nitrogen and oxygen atoms in total. The second-order valence-electron chi connectivity index (χ2n) is 3.06. The quantitative estimate of drug-likeness (QED) is 0.341. The van der Waals surface area contributed by atoms with Crippen molar-refractivity contribution in [2.75, 3.05) is 0 Å². The molecule has 0 unspecified atom stereocenters. The maximum absolute atomic E-state index is 3.72. The van der Waals surface area contributed by atoms with Crippen LogP contribution in [-0.4, -0.2) is 23.1 Å². The molecule has 11 heavy (non-hydrogen) atoms. The second-order valence-corrected chi connectivity index (χ2v) is 3.06. The van der Waals surface area contributed by atoms with Gasteiger partial charge in [-0.2, -0.15) is 27.2 Å². The molecule has 0 aromatic rings. The van der Waals surface area contributed by atoms with Crippen molar-refractivity contribution in [2.45, 2.75) is 53.4 Å². The van der Waals surface area contributed by atoms with Crippen molar-refractivity contribution < 1.29 is 0 Å². The maximum Gasteiger partial charge on any atom is 2.00 e. The predicted octanol–water partition coefficient (Wildman–Crippen LogP) is 3.64. The van der Waals surface area contributed by atoms with Gasteiger partial charge >= 0.3 is 23.1 Å². The average Bonchev–Trinajstić information content (AvgIpc) is 1.82. The Morgan fingerprint density at radius 1 is 1.09 bits per heavy atom. The Kier molecular flexibility index (Phi) is 27.5. The van der Waals surface area contributed by atoms with E-state index in [0.29, 0.717) is 0 Å². The first-order valence-electron chi connectivity index (χ1n) is 4.21. The minimum absolute atomic E-state index is 0. The standard InChI is InChI=1S/C6H13.C4H9.Mg/c1-3-5-6-4-2;1-4(2)3;/h1,3-6H2,2H3;1-3H3;/q2*-1;+2. The summed E-state index contributed by atoms with van der Waals surface area (Å²) in [6.45, 7) is 12.2. The monoisotopic (exact) mass is 166 g/mol. The molecule has 0 aromatic heterocycles. The van der Waals surface area contributed by atoms with Gasteiger partial charge in [-0.15, -0.1) is 0 Å². The van der Waals surface area contributed by atoms with Crippen LogP contribution in [0.4, 0.5) is 0 Å². The van der Waals surface area contributed by atoms with Gasteiger partial charge in [0.25, 0.3) is 0 Å². The molecule has 64 valence electrons. The molecule has 0 saturated carbocycles. The Balaban J connectivity index is -0.000000114. The molecule has 0 aromatic carbocycles. The first-order valence-corrected chi connectivity index (χ1v) is 4.21. The molecule has 0 amide bonds. The summed E-state index contributed by atoms with van der Waals surface area (Å²) in [4.78, 5) is 0. The molecule has 0 atom stereocenters. The Morgan fingerprint density at radius 2 is 1.45 bits per heavy atom. The van der Waals surface area contributed by atoms with Crippen LogP contribution in [0, 0.1) is 12.8 Å². The summed E-state index contributed by atoms with van der Waals surface area (Å²) in [6, 6.07) is 0. The van der Waals surface area contributed by atoms with Gasteiger partial charge in [0.05, 0.1) is 0 Å². The topological polar surface area (TPSA) is 0 Å². The smallest absolute Gasteiger partial charge is 0.343 e. The van der Waals surface area contributed by atoms with E-state index < -0.39 is 0 Å². The molecule has 0 spiro atoms. The third-order valence-corrected chi connectivity index (χ3v) is 0.854. The zero-order chi connectivity index (χ0) is 8.41. The molecule has 0 heterocycles. The molecule has 0 N–H and O–H groups in total. The van der Waals surface area contributed by atoms with Crippen LogP contribution in [0.1, 0.15) is 53.4 Å². The summed E-state index contributed by atoms with van der Waals surface area (Å²) in [7, 11) is 0. The Bertz CT molecular complexity index is 35.4. The minimum Gasteiger partial charge on any atom is -0.343 e. The van der Waals surface area contributed by atoms with E-state index in [1.165, 1.54) is 25.2 Å². The van der Waals surface area contributed by atoms with E-state index in [1.807, 2.05) is 0 Å². The summed E-state index contributed by atoms with van der Waals surface area (Å²) in [5.41, 5.74) is 0. The molecule has 0 aliphatic rings. The Labute approximate surface area is 89.3 Å².